The summed E-state index contributed by atoms with van der Waals surface area (Å²) in [6, 6.07) is 7.25. The molecule has 0 aromatic heterocycles. The van der Waals surface area contributed by atoms with Gasteiger partial charge in [-0.05, 0) is 17.7 Å². The molecule has 1 fully saturated rings. The van der Waals surface area contributed by atoms with Crippen LogP contribution in [0.4, 0.5) is 0 Å². The molecule has 0 unspecified atom stereocenters. The van der Waals surface area contributed by atoms with Gasteiger partial charge in [-0.1, -0.05) is 12.1 Å². The average Bonchev–Trinajstić information content (AvgIpc) is 2.33. The fraction of sp³-hybridized carbons (Fsp3) is 0.385. The highest BCUT2D eigenvalue weighted by atomic mass is 16.2. The lowest BCUT2D eigenvalue weighted by atomic mass is 10.0. The van der Waals surface area contributed by atoms with Crippen LogP contribution < -0.4 is 16.0 Å². The van der Waals surface area contributed by atoms with E-state index < -0.39 is 0 Å². The Labute approximate surface area is 106 Å². The van der Waals surface area contributed by atoms with E-state index in [2.05, 4.69) is 16.0 Å². The summed E-state index contributed by atoms with van der Waals surface area (Å²) < 4.78 is 0. The molecular weight excluding hydrogens is 230 g/mol. The molecule has 2 amide bonds. The molecule has 5 nitrogen and oxygen atoms in total. The topological polar surface area (TPSA) is 70.2 Å². The maximum Gasteiger partial charge on any atom is 0.251 e. The van der Waals surface area contributed by atoms with Gasteiger partial charge in [0.05, 0.1) is 5.92 Å². The molecule has 1 aliphatic heterocycles. The first-order chi connectivity index (χ1) is 8.70. The molecule has 1 aromatic rings. The molecule has 1 aliphatic rings. The van der Waals surface area contributed by atoms with E-state index in [0.717, 1.165) is 18.7 Å². The summed E-state index contributed by atoms with van der Waals surface area (Å²) in [7, 11) is 1.60. The van der Waals surface area contributed by atoms with Crippen molar-refractivity contribution in [3.8, 4) is 0 Å². The predicted molar refractivity (Wildman–Crippen MR) is 68.0 cm³/mol. The number of hydrogen-bond donors (Lipinski definition) is 3. The SMILES string of the molecule is CNC(=O)c1cccc(CNC(=O)C2CNC2)c1. The fourth-order valence-corrected chi connectivity index (χ4v) is 1.77. The van der Waals surface area contributed by atoms with Gasteiger partial charge >= 0.3 is 0 Å². The molecule has 3 N–H and O–H groups in total. The lowest BCUT2D eigenvalue weighted by Crippen LogP contribution is -2.50. The zero-order chi connectivity index (χ0) is 13.0. The molecule has 0 atom stereocenters. The number of amides is 2. The highest BCUT2D eigenvalue weighted by Gasteiger charge is 2.24. The van der Waals surface area contributed by atoms with Crippen molar-refractivity contribution in [2.24, 2.45) is 5.92 Å². The second kappa shape index (κ2) is 5.64. The van der Waals surface area contributed by atoms with E-state index in [9.17, 15) is 9.59 Å². The van der Waals surface area contributed by atoms with Gasteiger partial charge in [0.15, 0.2) is 0 Å². The summed E-state index contributed by atoms with van der Waals surface area (Å²) in [5.41, 5.74) is 1.53. The highest BCUT2D eigenvalue weighted by Crippen LogP contribution is 2.07. The number of nitrogens with one attached hydrogen (secondary N) is 3. The predicted octanol–water partition coefficient (Wildman–Crippen LogP) is -0.118. The Hall–Kier alpha value is -1.88. The van der Waals surface area contributed by atoms with Crippen LogP contribution in [0.2, 0.25) is 0 Å². The molecule has 5 heteroatoms. The molecule has 0 saturated carbocycles. The summed E-state index contributed by atoms with van der Waals surface area (Å²) in [6.07, 6.45) is 0. The van der Waals surface area contributed by atoms with E-state index >= 15 is 0 Å². The molecule has 2 rings (SSSR count). The smallest absolute Gasteiger partial charge is 0.251 e. The number of benzene rings is 1. The maximum atomic E-state index is 11.6. The summed E-state index contributed by atoms with van der Waals surface area (Å²) in [5, 5.41) is 8.51. The van der Waals surface area contributed by atoms with E-state index in [1.54, 1.807) is 19.2 Å². The van der Waals surface area contributed by atoms with E-state index in [0.29, 0.717) is 12.1 Å². The van der Waals surface area contributed by atoms with Crippen molar-refractivity contribution in [2.75, 3.05) is 20.1 Å². The third kappa shape index (κ3) is 2.87. The third-order valence-corrected chi connectivity index (χ3v) is 3.04. The minimum atomic E-state index is -0.119. The van der Waals surface area contributed by atoms with Crippen molar-refractivity contribution in [1.82, 2.24) is 16.0 Å². The van der Waals surface area contributed by atoms with Gasteiger partial charge in [-0.2, -0.15) is 0 Å². The molecule has 0 bridgehead atoms. The fourth-order valence-electron chi connectivity index (χ4n) is 1.77. The first-order valence-corrected chi connectivity index (χ1v) is 6.00. The third-order valence-electron chi connectivity index (χ3n) is 3.04. The number of carbonyl (C=O) groups is 2. The first-order valence-electron chi connectivity index (χ1n) is 6.00. The Morgan fingerprint density at radius 3 is 2.78 bits per heavy atom. The summed E-state index contributed by atoms with van der Waals surface area (Å²) in [5.74, 6) is 0.0394. The normalized spacial score (nSPS) is 14.7. The van der Waals surface area contributed by atoms with Crippen LogP contribution >= 0.6 is 0 Å². The second-order valence-electron chi connectivity index (χ2n) is 4.35. The standard InChI is InChI=1S/C13H17N3O2/c1-14-12(17)10-4-2-3-9(5-10)6-16-13(18)11-7-15-8-11/h2-5,11,15H,6-8H2,1H3,(H,14,17)(H,16,18). The Kier molecular flexibility index (Phi) is 3.94. The van der Waals surface area contributed by atoms with Crippen LogP contribution in [0.1, 0.15) is 15.9 Å². The Morgan fingerprint density at radius 1 is 1.39 bits per heavy atom. The number of rotatable bonds is 4. The van der Waals surface area contributed by atoms with Gasteiger partial charge in [0.1, 0.15) is 0 Å². The molecule has 1 aromatic carbocycles. The number of carbonyl (C=O) groups excluding carboxylic acids is 2. The molecule has 0 spiro atoms. The Balaban J connectivity index is 1.92. The highest BCUT2D eigenvalue weighted by molar-refractivity contribution is 5.94. The molecule has 1 heterocycles. The van der Waals surface area contributed by atoms with Crippen molar-refractivity contribution in [1.29, 1.82) is 0 Å². The first kappa shape index (κ1) is 12.6. The monoisotopic (exact) mass is 247 g/mol. The maximum absolute atomic E-state index is 11.6. The van der Waals surface area contributed by atoms with Crippen LogP contribution in [-0.2, 0) is 11.3 Å². The zero-order valence-electron chi connectivity index (χ0n) is 10.3. The van der Waals surface area contributed by atoms with Crippen molar-refractivity contribution in [3.05, 3.63) is 35.4 Å². The Morgan fingerprint density at radius 2 is 2.17 bits per heavy atom. The van der Waals surface area contributed by atoms with Crippen molar-refractivity contribution in [3.63, 3.8) is 0 Å². The summed E-state index contributed by atoms with van der Waals surface area (Å²) >= 11 is 0. The summed E-state index contributed by atoms with van der Waals surface area (Å²) in [4.78, 5) is 23.1. The average molecular weight is 247 g/mol. The largest absolute Gasteiger partial charge is 0.355 e. The van der Waals surface area contributed by atoms with Gasteiger partial charge in [-0.15, -0.1) is 0 Å². The lowest BCUT2D eigenvalue weighted by molar-refractivity contribution is -0.126. The van der Waals surface area contributed by atoms with Crippen molar-refractivity contribution in [2.45, 2.75) is 6.54 Å². The van der Waals surface area contributed by atoms with E-state index in [-0.39, 0.29) is 17.7 Å². The molecule has 96 valence electrons. The molecule has 0 radical (unpaired) electrons. The van der Waals surface area contributed by atoms with Crippen LogP contribution in [0, 0.1) is 5.92 Å². The van der Waals surface area contributed by atoms with Crippen LogP contribution in [-0.4, -0.2) is 32.0 Å². The van der Waals surface area contributed by atoms with Crippen LogP contribution in [0.25, 0.3) is 0 Å². The van der Waals surface area contributed by atoms with Crippen molar-refractivity contribution >= 4 is 11.8 Å². The quantitative estimate of drug-likeness (QED) is 0.695. The second-order valence-corrected chi connectivity index (χ2v) is 4.35. The molecule has 0 aliphatic carbocycles. The van der Waals surface area contributed by atoms with E-state index in [1.165, 1.54) is 0 Å². The van der Waals surface area contributed by atoms with E-state index in [1.807, 2.05) is 12.1 Å². The number of hydrogen-bond acceptors (Lipinski definition) is 3. The van der Waals surface area contributed by atoms with Gasteiger partial charge in [0.25, 0.3) is 5.91 Å². The van der Waals surface area contributed by atoms with Gasteiger partial charge in [0.2, 0.25) is 5.91 Å². The van der Waals surface area contributed by atoms with Crippen molar-refractivity contribution < 1.29 is 9.59 Å². The zero-order valence-corrected chi connectivity index (χ0v) is 10.3. The van der Waals surface area contributed by atoms with E-state index in [4.69, 9.17) is 0 Å². The molecular formula is C13H17N3O2. The molecule has 18 heavy (non-hydrogen) atoms. The van der Waals surface area contributed by atoms with Gasteiger partial charge in [0, 0.05) is 32.2 Å². The van der Waals surface area contributed by atoms with Gasteiger partial charge < -0.3 is 16.0 Å². The van der Waals surface area contributed by atoms with Crippen LogP contribution in [0.3, 0.4) is 0 Å². The summed E-state index contributed by atoms with van der Waals surface area (Å²) in [6.45, 7) is 1.97. The van der Waals surface area contributed by atoms with Crippen LogP contribution in [0.15, 0.2) is 24.3 Å². The van der Waals surface area contributed by atoms with Gasteiger partial charge in [-0.3, -0.25) is 9.59 Å². The van der Waals surface area contributed by atoms with Gasteiger partial charge in [-0.25, -0.2) is 0 Å². The minimum Gasteiger partial charge on any atom is -0.355 e. The lowest BCUT2D eigenvalue weighted by Gasteiger charge is -2.25. The molecule has 1 saturated heterocycles. The van der Waals surface area contributed by atoms with Crippen LogP contribution in [0.5, 0.6) is 0 Å². The minimum absolute atomic E-state index is 0.0686. The Bertz CT molecular complexity index is 455.